The third kappa shape index (κ3) is 4.44. The van der Waals surface area contributed by atoms with E-state index in [2.05, 4.69) is 10.3 Å². The molecule has 0 bridgehead atoms. The normalized spacial score (nSPS) is 22.7. The molecule has 0 radical (unpaired) electrons. The van der Waals surface area contributed by atoms with Gasteiger partial charge >= 0.3 is 6.18 Å². The highest BCUT2D eigenvalue weighted by Gasteiger charge is 2.37. The minimum absolute atomic E-state index is 0.0268. The van der Waals surface area contributed by atoms with E-state index in [1.807, 2.05) is 0 Å². The van der Waals surface area contributed by atoms with Crippen molar-refractivity contribution in [1.82, 2.24) is 10.3 Å². The molecular formula is C18H24F3N3O. The second-order valence-corrected chi connectivity index (χ2v) is 7.00. The average molecular weight is 355 g/mol. The average Bonchev–Trinajstić information content (AvgIpc) is 2.62. The maximum Gasteiger partial charge on any atom is 0.419 e. The van der Waals surface area contributed by atoms with Crippen molar-refractivity contribution in [2.24, 2.45) is 5.92 Å². The van der Waals surface area contributed by atoms with E-state index in [-0.39, 0.29) is 23.7 Å². The standard InChI is InChI=1S/C18H24F3N3O/c19-18(20,21)15-9-4-10-22-16(15)24-11-5-6-13(12-24)17(25)23-14-7-2-1-3-8-14/h4,9-10,13-14H,1-3,5-8,11-12H2,(H,23,25). The number of amides is 1. The van der Waals surface area contributed by atoms with Crippen LogP contribution in [0.3, 0.4) is 0 Å². The van der Waals surface area contributed by atoms with Crippen LogP contribution >= 0.6 is 0 Å². The number of alkyl halides is 3. The zero-order chi connectivity index (χ0) is 17.9. The van der Waals surface area contributed by atoms with Gasteiger partial charge in [-0.15, -0.1) is 0 Å². The third-order valence-electron chi connectivity index (χ3n) is 5.14. The Bertz CT molecular complexity index is 599. The van der Waals surface area contributed by atoms with Crippen LogP contribution in [0.2, 0.25) is 0 Å². The number of rotatable bonds is 3. The SMILES string of the molecule is O=C(NC1CCCCC1)C1CCCN(c2ncccc2C(F)(F)F)C1. The third-order valence-corrected chi connectivity index (χ3v) is 5.14. The lowest BCUT2D eigenvalue weighted by Gasteiger charge is -2.35. The van der Waals surface area contributed by atoms with Crippen molar-refractivity contribution < 1.29 is 18.0 Å². The largest absolute Gasteiger partial charge is 0.419 e. The van der Waals surface area contributed by atoms with Gasteiger partial charge in [0.2, 0.25) is 5.91 Å². The summed E-state index contributed by atoms with van der Waals surface area (Å²) < 4.78 is 39.7. The van der Waals surface area contributed by atoms with Crippen LogP contribution in [0.25, 0.3) is 0 Å². The molecule has 1 unspecified atom stereocenters. The smallest absolute Gasteiger partial charge is 0.355 e. The fraction of sp³-hybridized carbons (Fsp3) is 0.667. The van der Waals surface area contributed by atoms with Crippen molar-refractivity contribution in [3.05, 3.63) is 23.9 Å². The van der Waals surface area contributed by atoms with Gasteiger partial charge in [0, 0.05) is 25.3 Å². The number of carbonyl (C=O) groups excluding carboxylic acids is 1. The zero-order valence-corrected chi connectivity index (χ0v) is 14.2. The molecule has 1 saturated carbocycles. The number of nitrogens with one attached hydrogen (secondary N) is 1. The van der Waals surface area contributed by atoms with Gasteiger partial charge < -0.3 is 10.2 Å². The monoisotopic (exact) mass is 355 g/mol. The molecule has 1 atom stereocenters. The molecule has 2 aliphatic rings. The Labute approximate surface area is 145 Å². The molecule has 1 amide bonds. The summed E-state index contributed by atoms with van der Waals surface area (Å²) >= 11 is 0. The molecule has 1 saturated heterocycles. The van der Waals surface area contributed by atoms with Crippen molar-refractivity contribution in [3.63, 3.8) is 0 Å². The summed E-state index contributed by atoms with van der Waals surface area (Å²) in [5.41, 5.74) is -0.733. The molecule has 1 aliphatic carbocycles. The summed E-state index contributed by atoms with van der Waals surface area (Å²) in [6, 6.07) is 2.56. The van der Waals surface area contributed by atoms with Crippen LogP contribution in [0.15, 0.2) is 18.3 Å². The van der Waals surface area contributed by atoms with Crippen molar-refractivity contribution in [1.29, 1.82) is 0 Å². The molecular weight excluding hydrogens is 331 g/mol. The van der Waals surface area contributed by atoms with E-state index in [0.717, 1.165) is 31.7 Å². The summed E-state index contributed by atoms with van der Waals surface area (Å²) in [5, 5.41) is 3.10. The predicted octanol–water partition coefficient (Wildman–Crippen LogP) is 3.77. The molecule has 3 rings (SSSR count). The topological polar surface area (TPSA) is 45.2 Å². The molecule has 7 heteroatoms. The maximum absolute atomic E-state index is 13.2. The van der Waals surface area contributed by atoms with Crippen molar-refractivity contribution in [2.45, 2.75) is 57.2 Å². The van der Waals surface area contributed by atoms with Crippen molar-refractivity contribution in [3.8, 4) is 0 Å². The van der Waals surface area contributed by atoms with Gasteiger partial charge in [0.05, 0.1) is 11.5 Å². The highest BCUT2D eigenvalue weighted by Crippen LogP contribution is 2.36. The Morgan fingerprint density at radius 3 is 2.64 bits per heavy atom. The molecule has 1 aromatic heterocycles. The summed E-state index contributed by atoms with van der Waals surface area (Å²) in [6.07, 6.45) is 3.80. The van der Waals surface area contributed by atoms with Crippen LogP contribution in [-0.4, -0.2) is 30.0 Å². The molecule has 2 fully saturated rings. The van der Waals surface area contributed by atoms with Gasteiger partial charge in [0.25, 0.3) is 0 Å². The van der Waals surface area contributed by atoms with E-state index >= 15 is 0 Å². The highest BCUT2D eigenvalue weighted by molar-refractivity contribution is 5.80. The molecule has 1 aliphatic heterocycles. The fourth-order valence-corrected chi connectivity index (χ4v) is 3.82. The van der Waals surface area contributed by atoms with E-state index in [0.29, 0.717) is 25.9 Å². The minimum atomic E-state index is -4.44. The van der Waals surface area contributed by atoms with Gasteiger partial charge in [-0.2, -0.15) is 13.2 Å². The van der Waals surface area contributed by atoms with Crippen molar-refractivity contribution >= 4 is 11.7 Å². The number of aromatic nitrogens is 1. The molecule has 25 heavy (non-hydrogen) atoms. The Balaban J connectivity index is 1.68. The van der Waals surface area contributed by atoms with Crippen LogP contribution in [-0.2, 0) is 11.0 Å². The van der Waals surface area contributed by atoms with E-state index in [9.17, 15) is 18.0 Å². The Hall–Kier alpha value is -1.79. The number of anilines is 1. The van der Waals surface area contributed by atoms with Gasteiger partial charge in [-0.25, -0.2) is 4.98 Å². The van der Waals surface area contributed by atoms with Crippen LogP contribution < -0.4 is 10.2 Å². The lowest BCUT2D eigenvalue weighted by atomic mass is 9.93. The number of pyridine rings is 1. The molecule has 138 valence electrons. The van der Waals surface area contributed by atoms with E-state index < -0.39 is 11.7 Å². The Kier molecular flexibility index (Phi) is 5.49. The first-order chi connectivity index (χ1) is 11.9. The lowest BCUT2D eigenvalue weighted by Crippen LogP contribution is -2.47. The second kappa shape index (κ2) is 7.62. The number of halogens is 3. The first kappa shape index (κ1) is 18.0. The van der Waals surface area contributed by atoms with Gasteiger partial charge in [0.15, 0.2) is 0 Å². The van der Waals surface area contributed by atoms with Crippen LogP contribution in [0.4, 0.5) is 19.0 Å². The number of nitrogens with zero attached hydrogens (tertiary/aromatic N) is 2. The molecule has 1 aromatic rings. The molecule has 0 spiro atoms. The molecule has 2 heterocycles. The van der Waals surface area contributed by atoms with E-state index in [4.69, 9.17) is 0 Å². The number of carbonyl (C=O) groups is 1. The summed E-state index contributed by atoms with van der Waals surface area (Å²) in [5.74, 6) is -0.370. The highest BCUT2D eigenvalue weighted by atomic mass is 19.4. The van der Waals surface area contributed by atoms with Gasteiger partial charge in [-0.05, 0) is 37.8 Å². The summed E-state index contributed by atoms with van der Waals surface area (Å²) in [4.78, 5) is 18.1. The number of piperidine rings is 1. The predicted molar refractivity (Wildman–Crippen MR) is 89.2 cm³/mol. The first-order valence-electron chi connectivity index (χ1n) is 9.02. The maximum atomic E-state index is 13.2. The summed E-state index contributed by atoms with van der Waals surface area (Å²) in [6.45, 7) is 0.784. The lowest BCUT2D eigenvalue weighted by molar-refractivity contribution is -0.137. The number of hydrogen-bond acceptors (Lipinski definition) is 3. The zero-order valence-electron chi connectivity index (χ0n) is 14.2. The van der Waals surface area contributed by atoms with Gasteiger partial charge in [-0.3, -0.25) is 4.79 Å². The van der Waals surface area contributed by atoms with Crippen molar-refractivity contribution in [2.75, 3.05) is 18.0 Å². The van der Waals surface area contributed by atoms with E-state index in [1.165, 1.54) is 18.7 Å². The molecule has 4 nitrogen and oxygen atoms in total. The second-order valence-electron chi connectivity index (χ2n) is 7.00. The molecule has 1 N–H and O–H groups in total. The van der Waals surface area contributed by atoms with E-state index in [1.54, 1.807) is 4.90 Å². The Morgan fingerprint density at radius 1 is 1.16 bits per heavy atom. The fourth-order valence-electron chi connectivity index (χ4n) is 3.82. The van der Waals surface area contributed by atoms with Crippen LogP contribution in [0.1, 0.15) is 50.5 Å². The Morgan fingerprint density at radius 2 is 1.92 bits per heavy atom. The number of hydrogen-bond donors (Lipinski definition) is 1. The van der Waals surface area contributed by atoms with Gasteiger partial charge in [0.1, 0.15) is 5.82 Å². The minimum Gasteiger partial charge on any atom is -0.355 e. The quantitative estimate of drug-likeness (QED) is 0.898. The van der Waals surface area contributed by atoms with Gasteiger partial charge in [-0.1, -0.05) is 19.3 Å². The first-order valence-corrected chi connectivity index (χ1v) is 9.02. The van der Waals surface area contributed by atoms with Crippen LogP contribution in [0.5, 0.6) is 0 Å². The van der Waals surface area contributed by atoms with Crippen LogP contribution in [0, 0.1) is 5.92 Å². The summed E-state index contributed by atoms with van der Waals surface area (Å²) in [7, 11) is 0. The molecule has 0 aromatic carbocycles.